The number of hydrogen-bond acceptors (Lipinski definition) is 7. The van der Waals surface area contributed by atoms with Gasteiger partial charge in [0.05, 0.1) is 14.2 Å². The second kappa shape index (κ2) is 11.1. The first-order valence-corrected chi connectivity index (χ1v) is 8.42. The van der Waals surface area contributed by atoms with Crippen LogP contribution in [0.15, 0.2) is 0 Å². The molecule has 0 aliphatic carbocycles. The molecule has 0 spiro atoms. The van der Waals surface area contributed by atoms with Crippen LogP contribution in [0.5, 0.6) is 0 Å². The Kier molecular flexibility index (Phi) is 10.1. The van der Waals surface area contributed by atoms with E-state index in [1.54, 1.807) is 0 Å². The van der Waals surface area contributed by atoms with Gasteiger partial charge in [-0.05, 0) is 12.3 Å². The number of carboxylic acids is 1. The van der Waals surface area contributed by atoms with Gasteiger partial charge in [-0.2, -0.15) is 0 Å². The molecule has 0 aromatic carbocycles. The molecule has 0 aliphatic rings. The summed E-state index contributed by atoms with van der Waals surface area (Å²) in [4.78, 5) is 59.3. The Morgan fingerprint density at radius 2 is 1.41 bits per heavy atom. The van der Waals surface area contributed by atoms with Crippen molar-refractivity contribution in [3.63, 3.8) is 0 Å². The van der Waals surface area contributed by atoms with Gasteiger partial charge < -0.3 is 25.2 Å². The van der Waals surface area contributed by atoms with E-state index >= 15 is 0 Å². The standard InChI is InChI=1S/C17H28N2O8/c1-8(2)7-11(18-10(4)20)14(21)19-13(15(22)23)9(3)12(16(24)26-5)17(25)27-6/h8-9,11-13H,7H2,1-6H3,(H,18,20)(H,19,21)(H,22,23)/t9-,11+,13-/m1/s1. The Balaban J connectivity index is 5.59. The predicted octanol–water partition coefficient (Wildman–Crippen LogP) is -0.295. The van der Waals surface area contributed by atoms with Crippen LogP contribution in [-0.4, -0.2) is 61.1 Å². The number of carbonyl (C=O) groups is 5. The van der Waals surface area contributed by atoms with Gasteiger partial charge in [0, 0.05) is 12.8 Å². The predicted molar refractivity (Wildman–Crippen MR) is 93.3 cm³/mol. The highest BCUT2D eigenvalue weighted by Gasteiger charge is 2.42. The fourth-order valence-corrected chi connectivity index (χ4v) is 2.59. The summed E-state index contributed by atoms with van der Waals surface area (Å²) >= 11 is 0. The lowest BCUT2D eigenvalue weighted by molar-refractivity contribution is -0.163. The molecule has 2 amide bonds. The van der Waals surface area contributed by atoms with Crippen LogP contribution in [0.25, 0.3) is 0 Å². The number of nitrogens with one attached hydrogen (secondary N) is 2. The molecule has 0 aromatic rings. The fraction of sp³-hybridized carbons (Fsp3) is 0.706. The molecule has 0 aliphatic heterocycles. The lowest BCUT2D eigenvalue weighted by atomic mass is 9.87. The van der Waals surface area contributed by atoms with Gasteiger partial charge in [-0.15, -0.1) is 0 Å². The van der Waals surface area contributed by atoms with Crippen molar-refractivity contribution < 1.29 is 38.6 Å². The third-order valence-electron chi connectivity index (χ3n) is 3.93. The third kappa shape index (κ3) is 7.63. The van der Waals surface area contributed by atoms with Crippen molar-refractivity contribution in [2.24, 2.45) is 17.8 Å². The lowest BCUT2D eigenvalue weighted by Crippen LogP contribution is -2.55. The highest BCUT2D eigenvalue weighted by Crippen LogP contribution is 2.20. The first-order chi connectivity index (χ1) is 12.5. The zero-order chi connectivity index (χ0) is 21.3. The van der Waals surface area contributed by atoms with E-state index in [2.05, 4.69) is 20.1 Å². The highest BCUT2D eigenvalue weighted by molar-refractivity contribution is 5.96. The zero-order valence-electron chi connectivity index (χ0n) is 16.4. The topological polar surface area (TPSA) is 148 Å². The largest absolute Gasteiger partial charge is 0.480 e. The second-order valence-corrected chi connectivity index (χ2v) is 6.59. The monoisotopic (exact) mass is 388 g/mol. The number of aliphatic carboxylic acids is 1. The van der Waals surface area contributed by atoms with Gasteiger partial charge in [0.15, 0.2) is 5.92 Å². The molecule has 0 fully saturated rings. The molecule has 0 aromatic heterocycles. The molecule has 0 bridgehead atoms. The summed E-state index contributed by atoms with van der Waals surface area (Å²) < 4.78 is 9.08. The number of esters is 2. The van der Waals surface area contributed by atoms with Crippen LogP contribution in [0.4, 0.5) is 0 Å². The maximum absolute atomic E-state index is 12.5. The molecule has 3 N–H and O–H groups in total. The van der Waals surface area contributed by atoms with Crippen LogP contribution in [0.1, 0.15) is 34.1 Å². The maximum Gasteiger partial charge on any atom is 0.326 e. The van der Waals surface area contributed by atoms with Gasteiger partial charge in [-0.25, -0.2) is 4.79 Å². The van der Waals surface area contributed by atoms with Gasteiger partial charge in [-0.3, -0.25) is 19.2 Å². The Labute approximate surface area is 158 Å². The van der Waals surface area contributed by atoms with Gasteiger partial charge >= 0.3 is 17.9 Å². The molecule has 3 atom stereocenters. The normalized spacial score (nSPS) is 14.1. The summed E-state index contributed by atoms with van der Waals surface area (Å²) in [7, 11) is 2.10. The summed E-state index contributed by atoms with van der Waals surface area (Å²) in [6.07, 6.45) is 0.281. The first kappa shape index (κ1) is 24.4. The number of ether oxygens (including phenoxy) is 2. The molecule has 27 heavy (non-hydrogen) atoms. The summed E-state index contributed by atoms with van der Waals surface area (Å²) in [5, 5.41) is 14.3. The molecule has 0 radical (unpaired) electrons. The fourth-order valence-electron chi connectivity index (χ4n) is 2.59. The Morgan fingerprint density at radius 1 is 0.926 bits per heavy atom. The van der Waals surface area contributed by atoms with Crippen LogP contribution >= 0.6 is 0 Å². The van der Waals surface area contributed by atoms with Crippen molar-refractivity contribution in [2.45, 2.75) is 46.2 Å². The molecule has 10 nitrogen and oxygen atoms in total. The molecule has 0 unspecified atom stereocenters. The average Bonchev–Trinajstić information content (AvgIpc) is 2.57. The van der Waals surface area contributed by atoms with E-state index in [1.807, 2.05) is 13.8 Å². The Bertz CT molecular complexity index is 559. The van der Waals surface area contributed by atoms with Crippen molar-refractivity contribution in [1.82, 2.24) is 10.6 Å². The van der Waals surface area contributed by atoms with Crippen LogP contribution in [0, 0.1) is 17.8 Å². The molecular weight excluding hydrogens is 360 g/mol. The van der Waals surface area contributed by atoms with E-state index in [1.165, 1.54) is 13.8 Å². The Morgan fingerprint density at radius 3 is 1.74 bits per heavy atom. The molecule has 0 rings (SSSR count). The molecule has 0 saturated heterocycles. The number of carboxylic acid groups (broad SMARTS) is 1. The average molecular weight is 388 g/mol. The summed E-state index contributed by atoms with van der Waals surface area (Å²) in [6, 6.07) is -2.53. The van der Waals surface area contributed by atoms with E-state index in [4.69, 9.17) is 0 Å². The number of rotatable bonds is 10. The number of hydrogen-bond donors (Lipinski definition) is 3. The van der Waals surface area contributed by atoms with Crippen LogP contribution in [-0.2, 0) is 33.4 Å². The first-order valence-electron chi connectivity index (χ1n) is 8.42. The summed E-state index contributed by atoms with van der Waals surface area (Å²) in [5.41, 5.74) is 0. The lowest BCUT2D eigenvalue weighted by Gasteiger charge is -2.28. The zero-order valence-corrected chi connectivity index (χ0v) is 16.4. The highest BCUT2D eigenvalue weighted by atomic mass is 16.5. The van der Waals surface area contributed by atoms with E-state index in [-0.39, 0.29) is 12.3 Å². The number of amides is 2. The maximum atomic E-state index is 12.5. The van der Waals surface area contributed by atoms with E-state index < -0.39 is 53.6 Å². The number of methoxy groups -OCH3 is 2. The van der Waals surface area contributed by atoms with Gasteiger partial charge in [0.2, 0.25) is 11.8 Å². The molecule has 0 saturated carbocycles. The van der Waals surface area contributed by atoms with Crippen molar-refractivity contribution in [1.29, 1.82) is 0 Å². The van der Waals surface area contributed by atoms with Crippen LogP contribution in [0.2, 0.25) is 0 Å². The minimum absolute atomic E-state index is 0.0474. The summed E-state index contributed by atoms with van der Waals surface area (Å²) in [6.45, 7) is 6.23. The number of carbonyl (C=O) groups excluding carboxylic acids is 4. The molecule has 10 heteroatoms. The molecular formula is C17H28N2O8. The van der Waals surface area contributed by atoms with Crippen LogP contribution < -0.4 is 10.6 Å². The van der Waals surface area contributed by atoms with E-state index in [0.29, 0.717) is 0 Å². The van der Waals surface area contributed by atoms with Crippen molar-refractivity contribution in [2.75, 3.05) is 14.2 Å². The van der Waals surface area contributed by atoms with Gasteiger partial charge in [0.25, 0.3) is 0 Å². The van der Waals surface area contributed by atoms with Gasteiger partial charge in [-0.1, -0.05) is 20.8 Å². The second-order valence-electron chi connectivity index (χ2n) is 6.59. The van der Waals surface area contributed by atoms with Gasteiger partial charge in [0.1, 0.15) is 12.1 Å². The van der Waals surface area contributed by atoms with E-state index in [0.717, 1.165) is 14.2 Å². The minimum Gasteiger partial charge on any atom is -0.480 e. The quantitative estimate of drug-likeness (QED) is 0.341. The molecule has 154 valence electrons. The van der Waals surface area contributed by atoms with Crippen molar-refractivity contribution in [3.8, 4) is 0 Å². The Hall–Kier alpha value is -2.65. The smallest absolute Gasteiger partial charge is 0.326 e. The SMILES string of the molecule is COC(=O)C(C(=O)OC)[C@@H](C)[C@@H](NC(=O)[C@H](CC(C)C)NC(C)=O)C(=O)O. The molecule has 0 heterocycles. The van der Waals surface area contributed by atoms with Crippen molar-refractivity contribution >= 4 is 29.7 Å². The third-order valence-corrected chi connectivity index (χ3v) is 3.93. The summed E-state index contributed by atoms with van der Waals surface area (Å²) in [5.74, 6) is -7.23. The van der Waals surface area contributed by atoms with Crippen LogP contribution in [0.3, 0.4) is 0 Å². The minimum atomic E-state index is -1.58. The van der Waals surface area contributed by atoms with Crippen molar-refractivity contribution in [3.05, 3.63) is 0 Å². The van der Waals surface area contributed by atoms with E-state index in [9.17, 15) is 29.1 Å².